The van der Waals surface area contributed by atoms with E-state index in [0.717, 1.165) is 12.1 Å². The number of imidazole rings is 1. The molecule has 6 heteroatoms. The lowest BCUT2D eigenvalue weighted by Crippen LogP contribution is -2.10. The smallest absolute Gasteiger partial charge is 0.161 e. The molecule has 2 aromatic rings. The Bertz CT molecular complexity index is 645. The first kappa shape index (κ1) is 13.4. The highest BCUT2D eigenvalue weighted by atomic mass is 19.2. The summed E-state index contributed by atoms with van der Waals surface area (Å²) in [6.45, 7) is 2.33. The van der Waals surface area contributed by atoms with Gasteiger partial charge in [-0.1, -0.05) is 0 Å². The van der Waals surface area contributed by atoms with Crippen LogP contribution in [0, 0.1) is 28.9 Å². The van der Waals surface area contributed by atoms with Crippen LogP contribution in [0.3, 0.4) is 0 Å². The minimum absolute atomic E-state index is 0.218. The van der Waals surface area contributed by atoms with Crippen molar-refractivity contribution >= 4 is 11.0 Å². The lowest BCUT2D eigenvalue weighted by atomic mass is 10.2. The number of methoxy groups -OCH3 is 1. The molecule has 1 heterocycles. The minimum atomic E-state index is -0.936. The first-order chi connectivity index (χ1) is 9.06. The van der Waals surface area contributed by atoms with E-state index in [1.54, 1.807) is 11.5 Å². The van der Waals surface area contributed by atoms with Gasteiger partial charge in [-0.25, -0.2) is 13.8 Å². The van der Waals surface area contributed by atoms with Crippen molar-refractivity contribution in [1.82, 2.24) is 9.55 Å². The van der Waals surface area contributed by atoms with Crippen molar-refractivity contribution < 1.29 is 13.5 Å². The molecule has 0 radical (unpaired) electrons. The molecule has 100 valence electrons. The summed E-state index contributed by atoms with van der Waals surface area (Å²) >= 11 is 0. The maximum absolute atomic E-state index is 13.3. The molecule has 0 bridgehead atoms. The Morgan fingerprint density at radius 1 is 1.42 bits per heavy atom. The highest BCUT2D eigenvalue weighted by molar-refractivity contribution is 5.76. The molecule has 1 aromatic carbocycles. The van der Waals surface area contributed by atoms with Gasteiger partial charge >= 0.3 is 0 Å². The molecule has 19 heavy (non-hydrogen) atoms. The summed E-state index contributed by atoms with van der Waals surface area (Å²) in [5.74, 6) is -1.58. The topological polar surface area (TPSA) is 50.8 Å². The first-order valence-corrected chi connectivity index (χ1v) is 5.79. The van der Waals surface area contributed by atoms with Crippen molar-refractivity contribution in [3.05, 3.63) is 29.6 Å². The van der Waals surface area contributed by atoms with Crippen LogP contribution >= 0.6 is 0 Å². The number of ether oxygens (including phenoxy) is 1. The zero-order chi connectivity index (χ0) is 14.0. The van der Waals surface area contributed by atoms with E-state index >= 15 is 0 Å². The van der Waals surface area contributed by atoms with Gasteiger partial charge in [0.2, 0.25) is 0 Å². The number of benzene rings is 1. The summed E-state index contributed by atoms with van der Waals surface area (Å²) in [4.78, 5) is 4.21. The highest BCUT2D eigenvalue weighted by Crippen LogP contribution is 2.21. The molecule has 0 aliphatic heterocycles. The largest absolute Gasteiger partial charge is 0.377 e. The van der Waals surface area contributed by atoms with Crippen LogP contribution in [0.2, 0.25) is 0 Å². The second kappa shape index (κ2) is 5.33. The third kappa shape index (κ3) is 2.56. The Balaban J connectivity index is 2.59. The summed E-state index contributed by atoms with van der Waals surface area (Å²) in [6.07, 6.45) is 0. The maximum Gasteiger partial charge on any atom is 0.161 e. The van der Waals surface area contributed by atoms with Crippen molar-refractivity contribution in [2.24, 2.45) is 5.92 Å². The zero-order valence-corrected chi connectivity index (χ0v) is 10.7. The second-order valence-electron chi connectivity index (χ2n) is 4.36. The summed E-state index contributed by atoms with van der Waals surface area (Å²) in [6, 6.07) is 4.26. The fourth-order valence-corrected chi connectivity index (χ4v) is 1.93. The van der Waals surface area contributed by atoms with Gasteiger partial charge in [-0.2, -0.15) is 5.26 Å². The molecule has 0 saturated heterocycles. The molecule has 1 atom stereocenters. The van der Waals surface area contributed by atoms with Gasteiger partial charge in [0.25, 0.3) is 0 Å². The number of aromatic nitrogens is 2. The Kier molecular flexibility index (Phi) is 3.76. The second-order valence-corrected chi connectivity index (χ2v) is 4.36. The fourth-order valence-electron chi connectivity index (χ4n) is 1.93. The first-order valence-electron chi connectivity index (χ1n) is 5.79. The Labute approximate surface area is 109 Å². The molecule has 1 aromatic heterocycles. The van der Waals surface area contributed by atoms with Crippen LogP contribution in [0.1, 0.15) is 12.7 Å². The zero-order valence-electron chi connectivity index (χ0n) is 10.7. The van der Waals surface area contributed by atoms with E-state index in [-0.39, 0.29) is 12.5 Å². The van der Waals surface area contributed by atoms with Crippen molar-refractivity contribution in [1.29, 1.82) is 5.26 Å². The van der Waals surface area contributed by atoms with Gasteiger partial charge in [0.15, 0.2) is 11.6 Å². The number of hydrogen-bond acceptors (Lipinski definition) is 3. The molecule has 0 saturated carbocycles. The number of nitriles is 1. The molecule has 0 spiro atoms. The Morgan fingerprint density at radius 3 is 2.74 bits per heavy atom. The van der Waals surface area contributed by atoms with Gasteiger partial charge in [0, 0.05) is 25.8 Å². The lowest BCUT2D eigenvalue weighted by molar-refractivity contribution is 0.174. The minimum Gasteiger partial charge on any atom is -0.377 e. The third-order valence-corrected chi connectivity index (χ3v) is 2.82. The van der Waals surface area contributed by atoms with E-state index in [9.17, 15) is 8.78 Å². The predicted molar refractivity (Wildman–Crippen MR) is 65.1 cm³/mol. The van der Waals surface area contributed by atoms with E-state index < -0.39 is 11.6 Å². The van der Waals surface area contributed by atoms with Crippen LogP contribution in [-0.4, -0.2) is 16.7 Å². The molecule has 1 unspecified atom stereocenters. The van der Waals surface area contributed by atoms with Gasteiger partial charge < -0.3 is 9.30 Å². The van der Waals surface area contributed by atoms with Crippen molar-refractivity contribution in [3.63, 3.8) is 0 Å². The van der Waals surface area contributed by atoms with Gasteiger partial charge in [-0.15, -0.1) is 0 Å². The van der Waals surface area contributed by atoms with Crippen LogP contribution in [0.4, 0.5) is 8.78 Å². The SMILES string of the molecule is COCc1nc2cc(F)c(F)cc2n1CC(C)C#N. The van der Waals surface area contributed by atoms with Gasteiger partial charge in [-0.05, 0) is 6.92 Å². The molecule has 0 aliphatic carbocycles. The molecule has 0 amide bonds. The number of halogens is 2. The van der Waals surface area contributed by atoms with Crippen molar-refractivity contribution in [3.8, 4) is 6.07 Å². The number of fused-ring (bicyclic) bond motifs is 1. The van der Waals surface area contributed by atoms with E-state index in [1.807, 2.05) is 0 Å². The monoisotopic (exact) mass is 265 g/mol. The Morgan fingerprint density at radius 2 is 2.11 bits per heavy atom. The average Bonchev–Trinajstić information content (AvgIpc) is 2.68. The quantitative estimate of drug-likeness (QED) is 0.853. The third-order valence-electron chi connectivity index (χ3n) is 2.82. The van der Waals surface area contributed by atoms with Crippen molar-refractivity contribution in [2.75, 3.05) is 7.11 Å². The summed E-state index contributed by atoms with van der Waals surface area (Å²) in [7, 11) is 1.51. The average molecular weight is 265 g/mol. The van der Waals surface area contributed by atoms with Crippen molar-refractivity contribution in [2.45, 2.75) is 20.1 Å². The maximum atomic E-state index is 13.3. The van der Waals surface area contributed by atoms with Crippen LogP contribution in [-0.2, 0) is 17.9 Å². The van der Waals surface area contributed by atoms with E-state index in [4.69, 9.17) is 10.00 Å². The van der Waals surface area contributed by atoms with E-state index in [1.165, 1.54) is 7.11 Å². The summed E-state index contributed by atoms with van der Waals surface area (Å²) in [5.41, 5.74) is 0.823. The van der Waals surface area contributed by atoms with Gasteiger partial charge in [0.05, 0.1) is 23.0 Å². The Hall–Kier alpha value is -2.00. The molecular weight excluding hydrogens is 252 g/mol. The highest BCUT2D eigenvalue weighted by Gasteiger charge is 2.15. The molecule has 4 nitrogen and oxygen atoms in total. The van der Waals surface area contributed by atoms with E-state index in [0.29, 0.717) is 23.4 Å². The lowest BCUT2D eigenvalue weighted by Gasteiger charge is -2.09. The molecule has 2 rings (SSSR count). The van der Waals surface area contributed by atoms with Crippen LogP contribution in [0.5, 0.6) is 0 Å². The van der Waals surface area contributed by atoms with Gasteiger partial charge in [0.1, 0.15) is 12.4 Å². The molecule has 0 aliphatic rings. The fraction of sp³-hybridized carbons (Fsp3) is 0.385. The van der Waals surface area contributed by atoms with Crippen LogP contribution in [0.15, 0.2) is 12.1 Å². The van der Waals surface area contributed by atoms with Crippen LogP contribution in [0.25, 0.3) is 11.0 Å². The molecule has 0 N–H and O–H groups in total. The van der Waals surface area contributed by atoms with Gasteiger partial charge in [-0.3, -0.25) is 0 Å². The predicted octanol–water partition coefficient (Wildman–Crippen LogP) is 2.62. The number of nitrogens with zero attached hydrogens (tertiary/aromatic N) is 3. The number of rotatable bonds is 4. The van der Waals surface area contributed by atoms with Crippen LogP contribution < -0.4 is 0 Å². The van der Waals surface area contributed by atoms with E-state index in [2.05, 4.69) is 11.1 Å². The number of hydrogen-bond donors (Lipinski definition) is 0. The molecular formula is C13H13F2N3O. The normalized spacial score (nSPS) is 12.6. The summed E-state index contributed by atoms with van der Waals surface area (Å²) in [5, 5.41) is 8.88. The standard InChI is InChI=1S/C13H13F2N3O/c1-8(5-16)6-18-12-4-10(15)9(14)3-11(12)17-13(18)7-19-2/h3-4,8H,6-7H2,1-2H3. The summed E-state index contributed by atoms with van der Waals surface area (Å²) < 4.78 is 33.2. The molecule has 0 fully saturated rings.